The van der Waals surface area contributed by atoms with Crippen molar-refractivity contribution in [1.29, 1.82) is 0 Å². The van der Waals surface area contributed by atoms with E-state index < -0.39 is 10.0 Å². The lowest BCUT2D eigenvalue weighted by Crippen LogP contribution is -2.35. The maximum absolute atomic E-state index is 13.0. The third kappa shape index (κ3) is 6.61. The number of sulfonamides is 1. The lowest BCUT2D eigenvalue weighted by atomic mass is 10.1. The van der Waals surface area contributed by atoms with Gasteiger partial charge in [-0.1, -0.05) is 54.1 Å². The number of aryl methyl sites for hydroxylation is 1. The number of nitrogens with zero attached hydrogens (tertiary/aromatic N) is 1. The van der Waals surface area contributed by atoms with Crippen LogP contribution in [0.2, 0.25) is 5.02 Å². The van der Waals surface area contributed by atoms with Crippen molar-refractivity contribution in [3.8, 4) is 0 Å². The van der Waals surface area contributed by atoms with Crippen LogP contribution in [0.1, 0.15) is 27.0 Å². The van der Waals surface area contributed by atoms with E-state index in [1.54, 1.807) is 25.1 Å². The maximum Gasteiger partial charge on any atom is 0.263 e. The molecule has 3 aromatic carbocycles. The molecule has 1 aliphatic rings. The second-order valence-corrected chi connectivity index (χ2v) is 10.5. The monoisotopic (exact) mass is 513 g/mol. The molecular formula is C26H28ClN3O4S. The number of carbonyl (C=O) groups is 1. The number of hydrogen-bond donors (Lipinski definition) is 2. The summed E-state index contributed by atoms with van der Waals surface area (Å²) in [7, 11) is -3.98. The highest BCUT2D eigenvalue weighted by Crippen LogP contribution is 2.26. The van der Waals surface area contributed by atoms with Crippen LogP contribution in [0.25, 0.3) is 0 Å². The molecule has 2 N–H and O–H groups in total. The molecule has 4 rings (SSSR count). The molecule has 9 heteroatoms. The molecule has 0 spiro atoms. The van der Waals surface area contributed by atoms with Gasteiger partial charge in [-0.15, -0.1) is 0 Å². The van der Waals surface area contributed by atoms with Gasteiger partial charge >= 0.3 is 0 Å². The number of carbonyl (C=O) groups excluding carboxylic acids is 1. The zero-order valence-electron chi connectivity index (χ0n) is 19.5. The Balaban J connectivity index is 1.43. The van der Waals surface area contributed by atoms with Crippen molar-refractivity contribution in [2.45, 2.75) is 24.9 Å². The number of ether oxygens (including phenoxy) is 1. The van der Waals surface area contributed by atoms with Gasteiger partial charge in [0.2, 0.25) is 0 Å². The minimum Gasteiger partial charge on any atom is -0.379 e. The van der Waals surface area contributed by atoms with Gasteiger partial charge in [-0.25, -0.2) is 8.42 Å². The van der Waals surface area contributed by atoms with Crippen LogP contribution >= 0.6 is 11.6 Å². The summed E-state index contributed by atoms with van der Waals surface area (Å²) in [5, 5.41) is 2.91. The van der Waals surface area contributed by atoms with Crippen molar-refractivity contribution in [3.63, 3.8) is 0 Å². The number of hydrogen-bond acceptors (Lipinski definition) is 5. The number of nitrogens with one attached hydrogen (secondary N) is 2. The third-order valence-electron chi connectivity index (χ3n) is 5.83. The quantitative estimate of drug-likeness (QED) is 0.471. The number of rotatable bonds is 8. The molecular weight excluding hydrogens is 486 g/mol. The van der Waals surface area contributed by atoms with Crippen LogP contribution in [0.4, 0.5) is 5.69 Å². The van der Waals surface area contributed by atoms with Crippen LogP contribution < -0.4 is 10.0 Å². The van der Waals surface area contributed by atoms with E-state index in [-0.39, 0.29) is 21.4 Å². The maximum atomic E-state index is 13.0. The topological polar surface area (TPSA) is 87.7 Å². The van der Waals surface area contributed by atoms with Gasteiger partial charge in [0.1, 0.15) is 4.90 Å². The highest BCUT2D eigenvalue weighted by molar-refractivity contribution is 7.92. The van der Waals surface area contributed by atoms with Crippen molar-refractivity contribution < 1.29 is 17.9 Å². The van der Waals surface area contributed by atoms with Crippen LogP contribution in [0, 0.1) is 6.92 Å². The normalized spacial score (nSPS) is 14.5. The predicted octanol–water partition coefficient (Wildman–Crippen LogP) is 4.21. The fourth-order valence-corrected chi connectivity index (χ4v) is 5.54. The van der Waals surface area contributed by atoms with Gasteiger partial charge in [-0.3, -0.25) is 14.4 Å². The van der Waals surface area contributed by atoms with E-state index in [4.69, 9.17) is 16.3 Å². The van der Waals surface area contributed by atoms with Crippen molar-refractivity contribution in [3.05, 3.63) is 94.0 Å². The molecule has 0 atom stereocenters. The minimum atomic E-state index is -3.98. The standard InChI is InChI=1S/C26H28ClN3O4S/c1-19-5-2-3-8-24(19)29-35(32,33)25-16-22(9-10-23(25)27)26(31)28-17-20-6-4-7-21(15-20)18-30-11-13-34-14-12-30/h2-10,15-16,29H,11-14,17-18H2,1H3,(H,28,31). The molecule has 1 fully saturated rings. The number of morpholine rings is 1. The van der Waals surface area contributed by atoms with Crippen molar-refractivity contribution in [2.24, 2.45) is 0 Å². The van der Waals surface area contributed by atoms with Crippen molar-refractivity contribution in [1.82, 2.24) is 10.2 Å². The van der Waals surface area contributed by atoms with Crippen molar-refractivity contribution in [2.75, 3.05) is 31.0 Å². The Morgan fingerprint density at radius 3 is 2.51 bits per heavy atom. The summed E-state index contributed by atoms with van der Waals surface area (Å²) in [5.74, 6) is -0.382. The predicted molar refractivity (Wildman–Crippen MR) is 137 cm³/mol. The number of para-hydroxylation sites is 1. The molecule has 0 radical (unpaired) electrons. The first kappa shape index (κ1) is 25.2. The molecule has 1 amide bonds. The van der Waals surface area contributed by atoms with E-state index in [0.29, 0.717) is 12.2 Å². The Kier molecular flexibility index (Phi) is 8.07. The Morgan fingerprint density at radius 1 is 1.00 bits per heavy atom. The summed E-state index contributed by atoms with van der Waals surface area (Å²) in [6.07, 6.45) is 0. The smallest absolute Gasteiger partial charge is 0.263 e. The van der Waals surface area contributed by atoms with Gasteiger partial charge in [0.25, 0.3) is 15.9 Å². The average Bonchev–Trinajstić information content (AvgIpc) is 2.85. The first-order valence-electron chi connectivity index (χ1n) is 11.4. The van der Waals surface area contributed by atoms with Crippen molar-refractivity contribution >= 4 is 33.2 Å². The first-order valence-corrected chi connectivity index (χ1v) is 13.2. The van der Waals surface area contributed by atoms with Crippen LogP contribution in [-0.2, 0) is 27.8 Å². The van der Waals surface area contributed by atoms with Crippen LogP contribution in [0.3, 0.4) is 0 Å². The fourth-order valence-electron chi connectivity index (χ4n) is 3.88. The van der Waals surface area contributed by atoms with Gasteiger partial charge in [-0.05, 0) is 47.9 Å². The molecule has 0 bridgehead atoms. The van der Waals surface area contributed by atoms with E-state index in [1.807, 2.05) is 18.2 Å². The molecule has 7 nitrogen and oxygen atoms in total. The van der Waals surface area contributed by atoms with Gasteiger partial charge < -0.3 is 10.1 Å². The summed E-state index contributed by atoms with van der Waals surface area (Å²) in [6, 6.07) is 19.3. The minimum absolute atomic E-state index is 0.0402. The molecule has 1 saturated heterocycles. The molecule has 0 aliphatic carbocycles. The number of benzene rings is 3. The zero-order valence-corrected chi connectivity index (χ0v) is 21.0. The Labute approximate surface area is 211 Å². The molecule has 0 unspecified atom stereocenters. The van der Waals surface area contributed by atoms with E-state index in [9.17, 15) is 13.2 Å². The second kappa shape index (κ2) is 11.2. The third-order valence-corrected chi connectivity index (χ3v) is 7.67. The largest absolute Gasteiger partial charge is 0.379 e. The van der Waals surface area contributed by atoms with Crippen LogP contribution in [0.15, 0.2) is 71.6 Å². The summed E-state index contributed by atoms with van der Waals surface area (Å²) in [5.41, 5.74) is 3.57. The number of amides is 1. The van der Waals surface area contributed by atoms with E-state index in [0.717, 1.165) is 44.0 Å². The average molecular weight is 514 g/mol. The Hall–Kier alpha value is -2.91. The van der Waals surface area contributed by atoms with Crippen LogP contribution in [0.5, 0.6) is 0 Å². The molecule has 1 aliphatic heterocycles. The fraction of sp³-hybridized carbons (Fsp3) is 0.269. The lowest BCUT2D eigenvalue weighted by Gasteiger charge is -2.26. The first-order chi connectivity index (χ1) is 16.8. The highest BCUT2D eigenvalue weighted by atomic mass is 35.5. The Bertz CT molecular complexity index is 1310. The van der Waals surface area contributed by atoms with E-state index >= 15 is 0 Å². The molecule has 0 aromatic heterocycles. The molecule has 3 aromatic rings. The molecule has 1 heterocycles. The molecule has 0 saturated carbocycles. The molecule has 184 valence electrons. The van der Waals surface area contributed by atoms with Gasteiger partial charge in [0.05, 0.1) is 23.9 Å². The second-order valence-electron chi connectivity index (χ2n) is 8.46. The molecule has 35 heavy (non-hydrogen) atoms. The van der Waals surface area contributed by atoms with Gasteiger partial charge in [0, 0.05) is 31.7 Å². The van der Waals surface area contributed by atoms with E-state index in [1.165, 1.54) is 23.8 Å². The van der Waals surface area contributed by atoms with Gasteiger partial charge in [0.15, 0.2) is 0 Å². The summed E-state index contributed by atoms with van der Waals surface area (Å²) >= 11 is 6.20. The van der Waals surface area contributed by atoms with Crippen LogP contribution in [-0.4, -0.2) is 45.5 Å². The highest BCUT2D eigenvalue weighted by Gasteiger charge is 2.21. The summed E-state index contributed by atoms with van der Waals surface area (Å²) in [4.78, 5) is 15.0. The Morgan fingerprint density at radius 2 is 1.74 bits per heavy atom. The van der Waals surface area contributed by atoms with Gasteiger partial charge in [-0.2, -0.15) is 0 Å². The summed E-state index contributed by atoms with van der Waals surface area (Å²) < 4.78 is 33.9. The zero-order chi connectivity index (χ0) is 24.8. The summed E-state index contributed by atoms with van der Waals surface area (Å²) in [6.45, 7) is 6.26. The number of anilines is 1. The van der Waals surface area contributed by atoms with E-state index in [2.05, 4.69) is 27.1 Å². The number of halogens is 1. The lowest BCUT2D eigenvalue weighted by molar-refractivity contribution is 0.0342. The SMILES string of the molecule is Cc1ccccc1NS(=O)(=O)c1cc(C(=O)NCc2cccc(CN3CCOCC3)c2)ccc1Cl.